The first-order valence-electron chi connectivity index (χ1n) is 8.08. The monoisotopic (exact) mass is 448 g/mol. The predicted octanol–water partition coefficient (Wildman–Crippen LogP) is 6.80. The van der Waals surface area contributed by atoms with E-state index >= 15 is 0 Å². The summed E-state index contributed by atoms with van der Waals surface area (Å²) < 4.78 is 5.82. The Bertz CT molecular complexity index is 1120. The molecule has 140 valence electrons. The summed E-state index contributed by atoms with van der Waals surface area (Å²) in [5.41, 5.74) is 1.50. The minimum absolute atomic E-state index is 0.231. The molecule has 0 radical (unpaired) electrons. The smallest absolute Gasteiger partial charge is 0.264 e. The van der Waals surface area contributed by atoms with Crippen LogP contribution in [-0.4, -0.2) is 11.1 Å². The number of benzene rings is 2. The number of furan rings is 1. The lowest BCUT2D eigenvalue weighted by molar-refractivity contribution is -0.115. The second-order valence-corrected chi connectivity index (χ2v) is 8.07. The van der Waals surface area contributed by atoms with Crippen molar-refractivity contribution in [3.8, 4) is 11.3 Å². The Hall–Kier alpha value is -2.18. The first-order valence-corrected chi connectivity index (χ1v) is 10.0. The number of rotatable bonds is 3. The fourth-order valence-electron chi connectivity index (χ4n) is 2.48. The second kappa shape index (κ2) is 8.05. The molecule has 1 aliphatic heterocycles. The number of thioether (sulfide) groups is 1. The van der Waals surface area contributed by atoms with Crippen LogP contribution in [0.15, 0.2) is 68.9 Å². The molecule has 28 heavy (non-hydrogen) atoms. The van der Waals surface area contributed by atoms with Crippen LogP contribution in [0.2, 0.25) is 15.1 Å². The molecule has 4 nitrogen and oxygen atoms in total. The third-order valence-corrected chi connectivity index (χ3v) is 5.71. The molecule has 3 aromatic rings. The van der Waals surface area contributed by atoms with E-state index in [-0.39, 0.29) is 5.91 Å². The number of halogens is 3. The zero-order valence-electron chi connectivity index (χ0n) is 14.1. The first kappa shape index (κ1) is 19.2. The quantitative estimate of drug-likeness (QED) is 0.447. The maximum atomic E-state index is 12.2. The summed E-state index contributed by atoms with van der Waals surface area (Å²) in [6.07, 6.45) is 1.67. The Morgan fingerprint density at radius 1 is 0.964 bits per heavy atom. The molecule has 0 atom stereocenters. The van der Waals surface area contributed by atoms with Crippen LogP contribution < -0.4 is 5.32 Å². The zero-order valence-corrected chi connectivity index (χ0v) is 17.2. The lowest BCUT2D eigenvalue weighted by Crippen LogP contribution is -2.19. The van der Waals surface area contributed by atoms with Gasteiger partial charge in [0.1, 0.15) is 11.5 Å². The van der Waals surface area contributed by atoms with Gasteiger partial charge in [-0.05, 0) is 66.4 Å². The Kier molecular flexibility index (Phi) is 5.51. The van der Waals surface area contributed by atoms with E-state index in [0.29, 0.717) is 42.3 Å². The van der Waals surface area contributed by atoms with E-state index in [1.54, 1.807) is 48.5 Å². The minimum Gasteiger partial charge on any atom is -0.457 e. The summed E-state index contributed by atoms with van der Waals surface area (Å²) in [4.78, 5) is 17.1. The Morgan fingerprint density at radius 3 is 2.50 bits per heavy atom. The fourth-order valence-corrected chi connectivity index (χ4v) is 3.72. The highest BCUT2D eigenvalue weighted by molar-refractivity contribution is 8.18. The van der Waals surface area contributed by atoms with Gasteiger partial charge in [-0.1, -0.05) is 34.8 Å². The second-order valence-electron chi connectivity index (χ2n) is 5.79. The van der Waals surface area contributed by atoms with Gasteiger partial charge in [0.15, 0.2) is 5.17 Å². The highest BCUT2D eigenvalue weighted by Gasteiger charge is 2.24. The Labute approximate surface area is 180 Å². The molecular weight excluding hydrogens is 439 g/mol. The third kappa shape index (κ3) is 4.28. The fraction of sp³-hybridized carbons (Fsp3) is 0. The number of amides is 1. The molecule has 8 heteroatoms. The van der Waals surface area contributed by atoms with E-state index in [1.165, 1.54) is 11.8 Å². The van der Waals surface area contributed by atoms with Gasteiger partial charge in [0.25, 0.3) is 5.91 Å². The lowest BCUT2D eigenvalue weighted by Gasteiger charge is -1.99. The van der Waals surface area contributed by atoms with Crippen LogP contribution in [0.3, 0.4) is 0 Å². The van der Waals surface area contributed by atoms with Crippen molar-refractivity contribution >= 4 is 69.4 Å². The molecule has 1 aliphatic rings. The van der Waals surface area contributed by atoms with Crippen molar-refractivity contribution in [1.82, 2.24) is 5.32 Å². The first-order chi connectivity index (χ1) is 13.5. The van der Waals surface area contributed by atoms with Crippen LogP contribution in [0.4, 0.5) is 5.69 Å². The highest BCUT2D eigenvalue weighted by Crippen LogP contribution is 2.32. The standard InChI is InChI=1S/C20H11Cl3N2O2S/c21-12-2-4-13(5-3-12)24-20-25-19(26)18(28-20)10-14-6-8-17(27-14)11-1-7-15(22)16(23)9-11/h1-10H,(H,24,25,26). The molecule has 1 aromatic heterocycles. The van der Waals surface area contributed by atoms with Crippen LogP contribution >= 0.6 is 46.6 Å². The summed E-state index contributed by atoms with van der Waals surface area (Å²) in [5.74, 6) is 0.945. The molecule has 2 heterocycles. The van der Waals surface area contributed by atoms with Crippen molar-refractivity contribution in [2.24, 2.45) is 4.99 Å². The number of nitrogens with one attached hydrogen (secondary N) is 1. The van der Waals surface area contributed by atoms with Crippen LogP contribution in [0.5, 0.6) is 0 Å². The summed E-state index contributed by atoms with van der Waals surface area (Å²) in [6, 6.07) is 15.9. The lowest BCUT2D eigenvalue weighted by atomic mass is 10.2. The normalized spacial score (nSPS) is 16.8. The number of aliphatic imine (C=N–C) groups is 1. The highest BCUT2D eigenvalue weighted by atomic mass is 35.5. The molecule has 1 fully saturated rings. The number of hydrogen-bond donors (Lipinski definition) is 1. The molecule has 0 unspecified atom stereocenters. The summed E-state index contributed by atoms with van der Waals surface area (Å²) in [7, 11) is 0. The van der Waals surface area contributed by atoms with Gasteiger partial charge < -0.3 is 9.73 Å². The maximum absolute atomic E-state index is 12.2. The molecular formula is C20H11Cl3N2O2S. The molecule has 2 aromatic carbocycles. The molecule has 0 bridgehead atoms. The van der Waals surface area contributed by atoms with Crippen LogP contribution in [-0.2, 0) is 4.79 Å². The molecule has 1 saturated heterocycles. The largest absolute Gasteiger partial charge is 0.457 e. The summed E-state index contributed by atoms with van der Waals surface area (Å²) >= 11 is 19.1. The number of amidine groups is 1. The van der Waals surface area contributed by atoms with Gasteiger partial charge in [-0.15, -0.1) is 0 Å². The van der Waals surface area contributed by atoms with Gasteiger partial charge in [-0.25, -0.2) is 4.99 Å². The van der Waals surface area contributed by atoms with E-state index in [1.807, 2.05) is 12.1 Å². The zero-order chi connectivity index (χ0) is 19.7. The van der Waals surface area contributed by atoms with Crippen molar-refractivity contribution in [3.05, 3.63) is 80.3 Å². The molecule has 4 rings (SSSR count). The van der Waals surface area contributed by atoms with Crippen LogP contribution in [0, 0.1) is 0 Å². The predicted molar refractivity (Wildman–Crippen MR) is 116 cm³/mol. The SMILES string of the molecule is O=C1NC(=Nc2ccc(Cl)cc2)SC1=Cc1ccc(-c2ccc(Cl)c(Cl)c2)o1. The van der Waals surface area contributed by atoms with Gasteiger partial charge in [-0.3, -0.25) is 4.79 Å². The van der Waals surface area contributed by atoms with Crippen molar-refractivity contribution in [3.63, 3.8) is 0 Å². The van der Waals surface area contributed by atoms with Gasteiger partial charge >= 0.3 is 0 Å². The topological polar surface area (TPSA) is 54.6 Å². The summed E-state index contributed by atoms with van der Waals surface area (Å²) in [6.45, 7) is 0. The molecule has 0 saturated carbocycles. The van der Waals surface area contributed by atoms with Crippen molar-refractivity contribution in [1.29, 1.82) is 0 Å². The van der Waals surface area contributed by atoms with Gasteiger partial charge in [0.05, 0.1) is 20.6 Å². The molecule has 0 aliphatic carbocycles. The van der Waals surface area contributed by atoms with Crippen molar-refractivity contribution < 1.29 is 9.21 Å². The van der Waals surface area contributed by atoms with E-state index in [4.69, 9.17) is 39.2 Å². The molecule has 1 amide bonds. The van der Waals surface area contributed by atoms with E-state index in [0.717, 1.165) is 5.56 Å². The average Bonchev–Trinajstić information content (AvgIpc) is 3.27. The van der Waals surface area contributed by atoms with Crippen molar-refractivity contribution in [2.75, 3.05) is 0 Å². The number of hydrogen-bond acceptors (Lipinski definition) is 4. The number of carbonyl (C=O) groups excluding carboxylic acids is 1. The van der Waals surface area contributed by atoms with Crippen LogP contribution in [0.25, 0.3) is 17.4 Å². The Morgan fingerprint density at radius 2 is 1.75 bits per heavy atom. The van der Waals surface area contributed by atoms with Crippen molar-refractivity contribution in [2.45, 2.75) is 0 Å². The molecule has 0 spiro atoms. The van der Waals surface area contributed by atoms with Gasteiger partial charge in [-0.2, -0.15) is 0 Å². The van der Waals surface area contributed by atoms with Gasteiger partial charge in [0.2, 0.25) is 0 Å². The number of carbonyl (C=O) groups is 1. The molecule has 1 N–H and O–H groups in total. The van der Waals surface area contributed by atoms with E-state index in [2.05, 4.69) is 10.3 Å². The van der Waals surface area contributed by atoms with Gasteiger partial charge in [0, 0.05) is 16.7 Å². The van der Waals surface area contributed by atoms with E-state index in [9.17, 15) is 4.79 Å². The Balaban J connectivity index is 1.54. The minimum atomic E-state index is -0.231. The number of nitrogens with zero attached hydrogens (tertiary/aromatic N) is 1. The van der Waals surface area contributed by atoms with Crippen LogP contribution in [0.1, 0.15) is 5.76 Å². The average molecular weight is 450 g/mol. The maximum Gasteiger partial charge on any atom is 0.264 e. The third-order valence-electron chi connectivity index (χ3n) is 3.81. The van der Waals surface area contributed by atoms with E-state index < -0.39 is 0 Å². The summed E-state index contributed by atoms with van der Waals surface area (Å²) in [5, 5.41) is 4.79.